The third-order valence-corrected chi connectivity index (χ3v) is 3.13. The zero-order valence-electron chi connectivity index (χ0n) is 9.26. The highest BCUT2D eigenvalue weighted by Crippen LogP contribution is 2.20. The van der Waals surface area contributed by atoms with E-state index in [1.54, 1.807) is 0 Å². The topological polar surface area (TPSA) is 56.0 Å². The minimum atomic E-state index is 0.776. The first-order valence-corrected chi connectivity index (χ1v) is 6.12. The van der Waals surface area contributed by atoms with Crippen molar-refractivity contribution in [2.75, 3.05) is 6.54 Å². The van der Waals surface area contributed by atoms with Crippen molar-refractivity contribution < 1.29 is 0 Å². The zero-order valence-corrected chi connectivity index (χ0v) is 10.8. The molecule has 0 saturated carbocycles. The number of pyridine rings is 1. The number of halogens is 1. The minimum Gasteiger partial charge on any atom is -0.303 e. The van der Waals surface area contributed by atoms with Crippen LogP contribution >= 0.6 is 15.9 Å². The lowest BCUT2D eigenvalue weighted by atomic mass is 10.3. The van der Waals surface area contributed by atoms with Gasteiger partial charge in [0.05, 0.1) is 12.3 Å². The van der Waals surface area contributed by atoms with Gasteiger partial charge >= 0.3 is 0 Å². The Kier molecular flexibility index (Phi) is 2.51. The van der Waals surface area contributed by atoms with E-state index in [0.29, 0.717) is 0 Å². The molecule has 1 aliphatic heterocycles. The normalized spacial score (nSPS) is 14.4. The van der Waals surface area contributed by atoms with E-state index in [0.717, 1.165) is 40.7 Å². The molecule has 2 aromatic rings. The van der Waals surface area contributed by atoms with Gasteiger partial charge in [-0.3, -0.25) is 4.99 Å². The molecule has 0 amide bonds. The number of nitrogens with zero attached hydrogens (tertiary/aromatic N) is 5. The van der Waals surface area contributed by atoms with Gasteiger partial charge in [0.15, 0.2) is 11.6 Å². The fourth-order valence-electron chi connectivity index (χ4n) is 1.89. The van der Waals surface area contributed by atoms with Crippen LogP contribution in [0.25, 0.3) is 11.5 Å². The van der Waals surface area contributed by atoms with Crippen molar-refractivity contribution in [1.82, 2.24) is 19.7 Å². The Bertz CT molecular complexity index is 602. The average molecular weight is 292 g/mol. The maximum Gasteiger partial charge on any atom is 0.183 e. The van der Waals surface area contributed by atoms with Gasteiger partial charge in [0, 0.05) is 6.54 Å². The zero-order chi connectivity index (χ0) is 11.8. The van der Waals surface area contributed by atoms with Crippen molar-refractivity contribution in [1.29, 1.82) is 0 Å². The molecule has 3 heterocycles. The average Bonchev–Trinajstić information content (AvgIpc) is 2.74. The van der Waals surface area contributed by atoms with E-state index in [4.69, 9.17) is 0 Å². The van der Waals surface area contributed by atoms with E-state index in [1.165, 1.54) is 0 Å². The van der Waals surface area contributed by atoms with Crippen LogP contribution in [0.1, 0.15) is 12.7 Å². The maximum absolute atomic E-state index is 4.40. The van der Waals surface area contributed by atoms with Crippen molar-refractivity contribution in [3.8, 4) is 11.5 Å². The Labute approximate surface area is 107 Å². The van der Waals surface area contributed by atoms with Gasteiger partial charge in [0.25, 0.3) is 0 Å². The van der Waals surface area contributed by atoms with Gasteiger partial charge in [-0.25, -0.2) is 4.98 Å². The molecule has 3 rings (SSSR count). The van der Waals surface area contributed by atoms with E-state index in [9.17, 15) is 0 Å². The molecule has 0 atom stereocenters. The van der Waals surface area contributed by atoms with Gasteiger partial charge in [-0.15, -0.1) is 10.2 Å². The predicted molar refractivity (Wildman–Crippen MR) is 68.0 cm³/mol. The van der Waals surface area contributed by atoms with Gasteiger partial charge in [-0.2, -0.15) is 0 Å². The second-order valence-corrected chi connectivity index (χ2v) is 4.62. The largest absolute Gasteiger partial charge is 0.303 e. The number of aliphatic imine (C=N–C) groups is 1. The maximum atomic E-state index is 4.40. The molecular weight excluding hydrogens is 282 g/mol. The van der Waals surface area contributed by atoms with Crippen molar-refractivity contribution in [2.45, 2.75) is 13.5 Å². The smallest absolute Gasteiger partial charge is 0.183 e. The van der Waals surface area contributed by atoms with E-state index < -0.39 is 0 Å². The lowest BCUT2D eigenvalue weighted by Gasteiger charge is -2.12. The first-order valence-electron chi connectivity index (χ1n) is 5.33. The van der Waals surface area contributed by atoms with Gasteiger partial charge in [-0.1, -0.05) is 6.07 Å². The molecule has 2 aromatic heterocycles. The second kappa shape index (κ2) is 4.03. The van der Waals surface area contributed by atoms with E-state index in [-0.39, 0.29) is 0 Å². The highest BCUT2D eigenvalue weighted by Gasteiger charge is 2.19. The van der Waals surface area contributed by atoms with Crippen LogP contribution in [0.3, 0.4) is 0 Å². The van der Waals surface area contributed by atoms with Crippen LogP contribution in [0.5, 0.6) is 0 Å². The fourth-order valence-corrected chi connectivity index (χ4v) is 2.24. The number of rotatable bonds is 1. The number of aromatic nitrogens is 4. The fraction of sp³-hybridized carbons (Fsp3) is 0.273. The summed E-state index contributed by atoms with van der Waals surface area (Å²) in [5.74, 6) is 1.64. The third-order valence-electron chi connectivity index (χ3n) is 2.69. The number of fused-ring (bicyclic) bond motifs is 1. The van der Waals surface area contributed by atoms with Crippen LogP contribution < -0.4 is 0 Å². The number of hydrogen-bond acceptors (Lipinski definition) is 4. The Morgan fingerprint density at radius 2 is 2.06 bits per heavy atom. The van der Waals surface area contributed by atoms with Crippen molar-refractivity contribution in [2.24, 2.45) is 4.99 Å². The summed E-state index contributed by atoms with van der Waals surface area (Å²) in [5.41, 5.74) is 1.76. The third kappa shape index (κ3) is 1.78. The van der Waals surface area contributed by atoms with Crippen molar-refractivity contribution in [3.05, 3.63) is 28.6 Å². The molecule has 0 spiro atoms. The lowest BCUT2D eigenvalue weighted by molar-refractivity contribution is 0.685. The van der Waals surface area contributed by atoms with Crippen molar-refractivity contribution >= 4 is 21.6 Å². The molecule has 86 valence electrons. The minimum absolute atomic E-state index is 0.776. The summed E-state index contributed by atoms with van der Waals surface area (Å²) < 4.78 is 2.87. The Hall–Kier alpha value is -1.56. The lowest BCUT2D eigenvalue weighted by Crippen LogP contribution is -2.17. The van der Waals surface area contributed by atoms with Crippen LogP contribution in [0.2, 0.25) is 0 Å². The van der Waals surface area contributed by atoms with E-state index in [1.807, 2.05) is 25.1 Å². The summed E-state index contributed by atoms with van der Waals surface area (Å²) in [6, 6.07) is 5.77. The summed E-state index contributed by atoms with van der Waals surface area (Å²) in [4.78, 5) is 8.76. The Morgan fingerprint density at radius 3 is 2.88 bits per heavy atom. The molecular formula is C11H10BrN5. The molecule has 6 heteroatoms. The van der Waals surface area contributed by atoms with Crippen LogP contribution in [-0.4, -0.2) is 32.0 Å². The second-order valence-electron chi connectivity index (χ2n) is 3.81. The summed E-state index contributed by atoms with van der Waals surface area (Å²) in [5, 5.41) is 8.38. The summed E-state index contributed by atoms with van der Waals surface area (Å²) in [6.07, 6.45) is 0. The molecule has 5 nitrogen and oxygen atoms in total. The van der Waals surface area contributed by atoms with Gasteiger partial charge in [-0.05, 0) is 35.0 Å². The van der Waals surface area contributed by atoms with Crippen molar-refractivity contribution in [3.63, 3.8) is 0 Å². The van der Waals surface area contributed by atoms with Crippen LogP contribution in [0.4, 0.5) is 0 Å². The Balaban J connectivity index is 2.14. The van der Waals surface area contributed by atoms with Crippen LogP contribution in [-0.2, 0) is 6.54 Å². The van der Waals surface area contributed by atoms with Gasteiger partial charge in [0.2, 0.25) is 0 Å². The van der Waals surface area contributed by atoms with Crippen LogP contribution in [0.15, 0.2) is 27.8 Å². The molecule has 0 fully saturated rings. The molecule has 0 saturated heterocycles. The highest BCUT2D eigenvalue weighted by atomic mass is 79.9. The Morgan fingerprint density at radius 1 is 1.24 bits per heavy atom. The van der Waals surface area contributed by atoms with E-state index in [2.05, 4.69) is 40.7 Å². The quantitative estimate of drug-likeness (QED) is 0.755. The van der Waals surface area contributed by atoms with Gasteiger partial charge in [0.1, 0.15) is 10.3 Å². The highest BCUT2D eigenvalue weighted by molar-refractivity contribution is 9.10. The molecule has 0 aliphatic carbocycles. The molecule has 17 heavy (non-hydrogen) atoms. The molecule has 1 aliphatic rings. The molecule has 0 unspecified atom stereocenters. The van der Waals surface area contributed by atoms with Gasteiger partial charge < -0.3 is 4.57 Å². The summed E-state index contributed by atoms with van der Waals surface area (Å²) in [7, 11) is 0. The molecule has 0 bridgehead atoms. The standard InChI is InChI=1S/C11H10BrN5/c1-7-10-15-16-11(17(10)6-5-13-7)8-3-2-4-9(12)14-8/h2-4H,5-6H2,1H3. The number of hydrogen-bond donors (Lipinski definition) is 0. The molecule has 0 radical (unpaired) electrons. The molecule has 0 N–H and O–H groups in total. The first-order chi connectivity index (χ1) is 8.25. The summed E-state index contributed by atoms with van der Waals surface area (Å²) in [6.45, 7) is 3.54. The molecule has 0 aromatic carbocycles. The SMILES string of the molecule is CC1=NCCn2c1nnc2-c1cccc(Br)n1. The predicted octanol–water partition coefficient (Wildman–Crippen LogP) is 1.93. The monoisotopic (exact) mass is 291 g/mol. The first kappa shape index (κ1) is 10.6. The van der Waals surface area contributed by atoms with Crippen LogP contribution in [0, 0.1) is 0 Å². The summed E-state index contributed by atoms with van der Waals surface area (Å²) >= 11 is 3.36. The van der Waals surface area contributed by atoms with E-state index >= 15 is 0 Å².